The number of phenols is 1. The summed E-state index contributed by atoms with van der Waals surface area (Å²) in [5.41, 5.74) is 2.44. The molecule has 0 aromatic heterocycles. The van der Waals surface area contributed by atoms with Gasteiger partial charge in [0.2, 0.25) is 0 Å². The van der Waals surface area contributed by atoms with Gasteiger partial charge in [0, 0.05) is 16.1 Å². The van der Waals surface area contributed by atoms with E-state index in [1.165, 1.54) is 7.11 Å². The van der Waals surface area contributed by atoms with Crippen molar-refractivity contribution in [2.45, 2.75) is 0 Å². The molecular weight excluding hydrogens is 250 g/mol. The van der Waals surface area contributed by atoms with Crippen molar-refractivity contribution in [1.82, 2.24) is 0 Å². The van der Waals surface area contributed by atoms with Crippen LogP contribution in [-0.4, -0.2) is 17.9 Å². The summed E-state index contributed by atoms with van der Waals surface area (Å²) in [6, 6.07) is 14.1. The van der Waals surface area contributed by atoms with E-state index in [0.29, 0.717) is 10.7 Å². The first-order valence-electron chi connectivity index (χ1n) is 5.37. The molecule has 3 nitrogen and oxygen atoms in total. The Morgan fingerprint density at radius 3 is 2.00 bits per heavy atom. The quantitative estimate of drug-likeness (QED) is 0.679. The largest absolute Gasteiger partial charge is 0.508 e. The van der Waals surface area contributed by atoms with Crippen molar-refractivity contribution in [3.8, 4) is 5.75 Å². The number of hydrogen-bond acceptors (Lipinski definition) is 3. The van der Waals surface area contributed by atoms with Gasteiger partial charge in [0.15, 0.2) is 0 Å². The summed E-state index contributed by atoms with van der Waals surface area (Å²) in [5, 5.41) is 14.0. The molecule has 0 saturated heterocycles. The van der Waals surface area contributed by atoms with Crippen LogP contribution in [0.3, 0.4) is 0 Å². The lowest BCUT2D eigenvalue weighted by Gasteiger charge is -2.06. The Hall–Kier alpha value is -2.00. The minimum Gasteiger partial charge on any atom is -0.508 e. The van der Waals surface area contributed by atoms with Crippen molar-refractivity contribution in [1.29, 1.82) is 0 Å². The summed E-state index contributed by atoms with van der Waals surface area (Å²) in [5.74, 6) is 0.214. The predicted octanol–water partition coefficient (Wildman–Crippen LogP) is 3.44. The van der Waals surface area contributed by atoms with Gasteiger partial charge in [-0.2, -0.15) is 0 Å². The van der Waals surface area contributed by atoms with Crippen LogP contribution in [0.2, 0.25) is 5.02 Å². The number of nitrogens with zero attached hydrogens (tertiary/aromatic N) is 1. The van der Waals surface area contributed by atoms with Gasteiger partial charge >= 0.3 is 0 Å². The molecule has 0 amide bonds. The molecule has 0 aliphatic heterocycles. The maximum Gasteiger partial charge on any atom is 0.117 e. The molecule has 0 fully saturated rings. The summed E-state index contributed by atoms with van der Waals surface area (Å²) in [7, 11) is 1.50. The van der Waals surface area contributed by atoms with E-state index in [4.69, 9.17) is 16.4 Å². The maximum atomic E-state index is 9.29. The van der Waals surface area contributed by atoms with Gasteiger partial charge in [0.05, 0.1) is 0 Å². The van der Waals surface area contributed by atoms with Crippen LogP contribution in [0.4, 0.5) is 0 Å². The average Bonchev–Trinajstić information content (AvgIpc) is 2.39. The Morgan fingerprint density at radius 1 is 1.00 bits per heavy atom. The molecule has 0 aliphatic rings. The molecule has 0 unspecified atom stereocenters. The molecule has 92 valence electrons. The number of benzene rings is 2. The van der Waals surface area contributed by atoms with Gasteiger partial charge in [-0.05, 0) is 36.4 Å². The maximum absolute atomic E-state index is 9.29. The van der Waals surface area contributed by atoms with Gasteiger partial charge in [-0.3, -0.25) is 0 Å². The molecule has 0 heterocycles. The third kappa shape index (κ3) is 2.81. The Labute approximate surface area is 110 Å². The highest BCUT2D eigenvalue weighted by Crippen LogP contribution is 2.17. The van der Waals surface area contributed by atoms with Crippen molar-refractivity contribution in [2.75, 3.05) is 7.11 Å². The number of aromatic hydroxyl groups is 1. The van der Waals surface area contributed by atoms with Gasteiger partial charge in [-0.25, -0.2) is 0 Å². The Bertz CT molecular complexity index is 500. The number of hydrogen-bond donors (Lipinski definition) is 1. The van der Waals surface area contributed by atoms with Crippen LogP contribution in [0.25, 0.3) is 0 Å². The summed E-state index contributed by atoms with van der Waals surface area (Å²) in [6.45, 7) is 0. The van der Waals surface area contributed by atoms with Crippen LogP contribution in [0.1, 0.15) is 11.1 Å². The zero-order valence-corrected chi connectivity index (χ0v) is 10.6. The molecule has 2 aromatic rings. The van der Waals surface area contributed by atoms with E-state index >= 15 is 0 Å². The highest BCUT2D eigenvalue weighted by atomic mass is 35.5. The monoisotopic (exact) mass is 261 g/mol. The first kappa shape index (κ1) is 12.5. The van der Waals surface area contributed by atoms with Crippen LogP contribution >= 0.6 is 11.6 Å². The van der Waals surface area contributed by atoms with Gasteiger partial charge in [-0.15, -0.1) is 0 Å². The molecule has 0 radical (unpaired) electrons. The normalized spacial score (nSPS) is 11.3. The van der Waals surface area contributed by atoms with E-state index in [1.54, 1.807) is 36.4 Å². The van der Waals surface area contributed by atoms with Crippen LogP contribution in [-0.2, 0) is 4.84 Å². The summed E-state index contributed by atoms with van der Waals surface area (Å²) in [4.78, 5) is 4.87. The Morgan fingerprint density at radius 2 is 1.50 bits per heavy atom. The van der Waals surface area contributed by atoms with Gasteiger partial charge in [0.1, 0.15) is 18.6 Å². The molecule has 2 rings (SSSR count). The molecule has 18 heavy (non-hydrogen) atoms. The fourth-order valence-corrected chi connectivity index (χ4v) is 1.72. The SMILES string of the molecule is CO/N=C(\c1ccc(O)cc1)c1ccc(Cl)cc1. The molecule has 4 heteroatoms. The zero-order valence-electron chi connectivity index (χ0n) is 9.80. The first-order valence-corrected chi connectivity index (χ1v) is 5.75. The van der Waals surface area contributed by atoms with Gasteiger partial charge < -0.3 is 9.94 Å². The molecule has 0 bridgehead atoms. The van der Waals surface area contributed by atoms with Crippen LogP contribution < -0.4 is 0 Å². The summed E-state index contributed by atoms with van der Waals surface area (Å²) >= 11 is 5.86. The minimum absolute atomic E-state index is 0.214. The number of phenolic OH excluding ortho intramolecular Hbond substituents is 1. The lowest BCUT2D eigenvalue weighted by molar-refractivity contribution is 0.214. The zero-order chi connectivity index (χ0) is 13.0. The second kappa shape index (κ2) is 5.56. The minimum atomic E-state index is 0.214. The number of rotatable bonds is 3. The standard InChI is InChI=1S/C14H12ClNO2/c1-18-16-14(10-2-6-12(15)7-3-10)11-4-8-13(17)9-5-11/h2-9,17H,1H3/b16-14-. The van der Waals surface area contributed by atoms with Crippen molar-refractivity contribution in [2.24, 2.45) is 5.16 Å². The van der Waals surface area contributed by atoms with Crippen LogP contribution in [0.15, 0.2) is 53.7 Å². The van der Waals surface area contributed by atoms with Crippen molar-refractivity contribution in [3.05, 3.63) is 64.7 Å². The van der Waals surface area contributed by atoms with E-state index in [0.717, 1.165) is 11.1 Å². The first-order chi connectivity index (χ1) is 8.70. The topological polar surface area (TPSA) is 41.8 Å². The Balaban J connectivity index is 2.43. The van der Waals surface area contributed by atoms with Gasteiger partial charge in [0.25, 0.3) is 0 Å². The highest BCUT2D eigenvalue weighted by Gasteiger charge is 2.08. The fraction of sp³-hybridized carbons (Fsp3) is 0.0714. The molecule has 0 saturated carbocycles. The Kier molecular flexibility index (Phi) is 3.85. The third-order valence-electron chi connectivity index (χ3n) is 2.44. The highest BCUT2D eigenvalue weighted by molar-refractivity contribution is 6.30. The van der Waals surface area contributed by atoms with Crippen molar-refractivity contribution < 1.29 is 9.94 Å². The second-order valence-electron chi connectivity index (χ2n) is 3.68. The lowest BCUT2D eigenvalue weighted by Crippen LogP contribution is -2.03. The fourth-order valence-electron chi connectivity index (χ4n) is 1.59. The van der Waals surface area contributed by atoms with Crippen molar-refractivity contribution >= 4 is 17.3 Å². The van der Waals surface area contributed by atoms with Crippen LogP contribution in [0, 0.1) is 0 Å². The van der Waals surface area contributed by atoms with Gasteiger partial charge in [-0.1, -0.05) is 28.9 Å². The third-order valence-corrected chi connectivity index (χ3v) is 2.69. The molecule has 0 spiro atoms. The lowest BCUT2D eigenvalue weighted by atomic mass is 10.0. The van der Waals surface area contributed by atoms with E-state index in [-0.39, 0.29) is 5.75 Å². The van der Waals surface area contributed by atoms with E-state index < -0.39 is 0 Å². The molecule has 2 aromatic carbocycles. The van der Waals surface area contributed by atoms with E-state index in [9.17, 15) is 5.11 Å². The number of oxime groups is 1. The predicted molar refractivity (Wildman–Crippen MR) is 72.2 cm³/mol. The van der Waals surface area contributed by atoms with E-state index in [1.807, 2.05) is 12.1 Å². The molecule has 1 N–H and O–H groups in total. The summed E-state index contributed by atoms with van der Waals surface area (Å²) in [6.07, 6.45) is 0. The summed E-state index contributed by atoms with van der Waals surface area (Å²) < 4.78 is 0. The number of halogens is 1. The molecule has 0 aliphatic carbocycles. The van der Waals surface area contributed by atoms with Crippen molar-refractivity contribution in [3.63, 3.8) is 0 Å². The smallest absolute Gasteiger partial charge is 0.117 e. The van der Waals surface area contributed by atoms with E-state index in [2.05, 4.69) is 5.16 Å². The molecule has 0 atom stereocenters. The average molecular weight is 262 g/mol. The second-order valence-corrected chi connectivity index (χ2v) is 4.11. The van der Waals surface area contributed by atoms with Crippen LogP contribution in [0.5, 0.6) is 5.75 Å². The molecular formula is C14H12ClNO2.